The lowest BCUT2D eigenvalue weighted by atomic mass is 10.3. The number of hydrogen-bond donors (Lipinski definition) is 1. The average molecular weight is 348 g/mol. The maximum atomic E-state index is 10.1. The summed E-state index contributed by atoms with van der Waals surface area (Å²) >= 11 is 3.36. The van der Waals surface area contributed by atoms with Gasteiger partial charge in [-0.1, -0.05) is 33.3 Å². The van der Waals surface area contributed by atoms with Gasteiger partial charge in [0, 0.05) is 4.47 Å². The summed E-state index contributed by atoms with van der Waals surface area (Å²) in [5, 5.41) is 18.2. The summed E-state index contributed by atoms with van der Waals surface area (Å²) in [4.78, 5) is 0. The van der Waals surface area contributed by atoms with Gasteiger partial charge in [0.1, 0.15) is 24.0 Å². The maximum absolute atomic E-state index is 10.1. The van der Waals surface area contributed by atoms with Crippen molar-refractivity contribution in [2.45, 2.75) is 12.6 Å². The van der Waals surface area contributed by atoms with Crippen molar-refractivity contribution >= 4 is 27.0 Å². The summed E-state index contributed by atoms with van der Waals surface area (Å²) in [5.74, 6) is 0.723. The fourth-order valence-electron chi connectivity index (χ4n) is 2.03. The van der Waals surface area contributed by atoms with E-state index in [0.717, 1.165) is 21.3 Å². The summed E-state index contributed by atoms with van der Waals surface area (Å²) in [6.45, 7) is 0.548. The average Bonchev–Trinajstić information content (AvgIpc) is 2.90. The number of para-hydroxylation sites is 1. The van der Waals surface area contributed by atoms with E-state index in [1.165, 1.54) is 0 Å². The molecule has 1 N–H and O–H groups in total. The number of fused-ring (bicyclic) bond motifs is 1. The number of nitrogens with zero attached hydrogens (tertiary/aromatic N) is 3. The number of aromatic nitrogens is 3. The minimum absolute atomic E-state index is 0.204. The number of aliphatic hydroxyl groups is 1. The zero-order chi connectivity index (χ0) is 14.7. The molecule has 0 aliphatic rings. The van der Waals surface area contributed by atoms with Crippen molar-refractivity contribution in [2.24, 2.45) is 0 Å². The van der Waals surface area contributed by atoms with Crippen LogP contribution in [0.25, 0.3) is 11.0 Å². The van der Waals surface area contributed by atoms with Crippen molar-refractivity contribution in [3.8, 4) is 5.75 Å². The second kappa shape index (κ2) is 6.24. The molecule has 0 saturated heterocycles. The molecule has 1 heterocycles. The molecule has 2 aromatic carbocycles. The van der Waals surface area contributed by atoms with E-state index in [-0.39, 0.29) is 6.61 Å². The number of hydrogen-bond acceptors (Lipinski definition) is 4. The molecule has 0 aliphatic heterocycles. The molecule has 3 aromatic rings. The Morgan fingerprint density at radius 2 is 1.90 bits per heavy atom. The Bertz CT molecular complexity index is 727. The second-order valence-corrected chi connectivity index (χ2v) is 5.59. The first-order valence-corrected chi connectivity index (χ1v) is 7.36. The first-order valence-electron chi connectivity index (χ1n) is 6.57. The van der Waals surface area contributed by atoms with Crippen LogP contribution in [0.2, 0.25) is 0 Å². The molecule has 5 nitrogen and oxygen atoms in total. The molecule has 0 saturated carbocycles. The van der Waals surface area contributed by atoms with Crippen LogP contribution in [0.15, 0.2) is 53.0 Å². The summed E-state index contributed by atoms with van der Waals surface area (Å²) in [6.07, 6.45) is -0.654. The molecule has 0 bridgehead atoms. The van der Waals surface area contributed by atoms with Gasteiger partial charge in [-0.2, -0.15) is 0 Å². The monoisotopic (exact) mass is 347 g/mol. The molecule has 0 radical (unpaired) electrons. The predicted molar refractivity (Wildman–Crippen MR) is 83.2 cm³/mol. The standard InChI is InChI=1S/C15H14BrN3O2/c16-11-5-7-13(8-6-11)21-10-12(20)9-19-15-4-2-1-3-14(15)17-18-19/h1-8,12,20H,9-10H2/t12-/m0/s1. The van der Waals surface area contributed by atoms with Gasteiger partial charge in [-0.3, -0.25) is 0 Å². The van der Waals surface area contributed by atoms with E-state index in [4.69, 9.17) is 4.74 Å². The number of aliphatic hydroxyl groups excluding tert-OH is 1. The van der Waals surface area contributed by atoms with Gasteiger partial charge in [0.05, 0.1) is 12.1 Å². The van der Waals surface area contributed by atoms with Crippen molar-refractivity contribution < 1.29 is 9.84 Å². The molecule has 6 heteroatoms. The Morgan fingerprint density at radius 1 is 1.14 bits per heavy atom. The Hall–Kier alpha value is -1.92. The summed E-state index contributed by atoms with van der Waals surface area (Å²) in [7, 11) is 0. The Morgan fingerprint density at radius 3 is 2.71 bits per heavy atom. The van der Waals surface area contributed by atoms with E-state index >= 15 is 0 Å². The highest BCUT2D eigenvalue weighted by atomic mass is 79.9. The normalized spacial score (nSPS) is 12.5. The Balaban J connectivity index is 1.61. The second-order valence-electron chi connectivity index (χ2n) is 4.68. The molecular weight excluding hydrogens is 334 g/mol. The predicted octanol–water partition coefficient (Wildman–Crippen LogP) is 2.63. The van der Waals surface area contributed by atoms with Crippen molar-refractivity contribution in [1.82, 2.24) is 15.0 Å². The molecule has 3 rings (SSSR count). The van der Waals surface area contributed by atoms with Crippen molar-refractivity contribution in [1.29, 1.82) is 0 Å². The minimum Gasteiger partial charge on any atom is -0.491 e. The summed E-state index contributed by atoms with van der Waals surface area (Å²) in [6, 6.07) is 15.1. The third kappa shape index (κ3) is 3.40. The number of ether oxygens (including phenoxy) is 1. The smallest absolute Gasteiger partial charge is 0.119 e. The molecule has 0 spiro atoms. The lowest BCUT2D eigenvalue weighted by Crippen LogP contribution is -2.24. The van der Waals surface area contributed by atoms with Gasteiger partial charge in [-0.25, -0.2) is 4.68 Å². The third-order valence-corrected chi connectivity index (χ3v) is 3.59. The van der Waals surface area contributed by atoms with Gasteiger partial charge >= 0.3 is 0 Å². The molecule has 1 atom stereocenters. The fourth-order valence-corrected chi connectivity index (χ4v) is 2.29. The van der Waals surface area contributed by atoms with Crippen LogP contribution in [0.5, 0.6) is 5.75 Å². The highest BCUT2D eigenvalue weighted by molar-refractivity contribution is 9.10. The van der Waals surface area contributed by atoms with E-state index in [0.29, 0.717) is 6.54 Å². The van der Waals surface area contributed by atoms with E-state index in [2.05, 4.69) is 26.2 Å². The van der Waals surface area contributed by atoms with Gasteiger partial charge in [0.25, 0.3) is 0 Å². The lowest BCUT2D eigenvalue weighted by Gasteiger charge is -2.12. The fraction of sp³-hybridized carbons (Fsp3) is 0.200. The topological polar surface area (TPSA) is 60.2 Å². The van der Waals surface area contributed by atoms with E-state index in [1.807, 2.05) is 48.5 Å². The van der Waals surface area contributed by atoms with Gasteiger partial charge in [0.2, 0.25) is 0 Å². The van der Waals surface area contributed by atoms with E-state index in [9.17, 15) is 5.11 Å². The van der Waals surface area contributed by atoms with Gasteiger partial charge in [0.15, 0.2) is 0 Å². The maximum Gasteiger partial charge on any atom is 0.119 e. The molecule has 21 heavy (non-hydrogen) atoms. The molecular formula is C15H14BrN3O2. The first kappa shape index (κ1) is 14.0. The summed E-state index contributed by atoms with van der Waals surface area (Å²) in [5.41, 5.74) is 1.72. The Kier molecular flexibility index (Phi) is 4.17. The SMILES string of the molecule is O[C@H](COc1ccc(Br)cc1)Cn1nnc2ccccc21. The van der Waals surface area contributed by atoms with Crippen LogP contribution in [-0.2, 0) is 6.54 Å². The molecule has 108 valence electrons. The molecule has 0 fully saturated rings. The van der Waals surface area contributed by atoms with Crippen LogP contribution < -0.4 is 4.74 Å². The highest BCUT2D eigenvalue weighted by Crippen LogP contribution is 2.16. The highest BCUT2D eigenvalue weighted by Gasteiger charge is 2.10. The Labute approximate surface area is 130 Å². The quantitative estimate of drug-likeness (QED) is 0.770. The van der Waals surface area contributed by atoms with Crippen LogP contribution in [0.4, 0.5) is 0 Å². The lowest BCUT2D eigenvalue weighted by molar-refractivity contribution is 0.0899. The van der Waals surface area contributed by atoms with Gasteiger partial charge in [-0.05, 0) is 36.4 Å². The zero-order valence-corrected chi connectivity index (χ0v) is 12.8. The van der Waals surface area contributed by atoms with E-state index in [1.54, 1.807) is 4.68 Å². The van der Waals surface area contributed by atoms with Crippen LogP contribution in [0.3, 0.4) is 0 Å². The van der Waals surface area contributed by atoms with Crippen molar-refractivity contribution in [2.75, 3.05) is 6.61 Å². The minimum atomic E-state index is -0.654. The largest absolute Gasteiger partial charge is 0.491 e. The molecule has 0 amide bonds. The van der Waals surface area contributed by atoms with Crippen molar-refractivity contribution in [3.63, 3.8) is 0 Å². The molecule has 1 aromatic heterocycles. The third-order valence-electron chi connectivity index (χ3n) is 3.06. The van der Waals surface area contributed by atoms with Crippen LogP contribution in [-0.4, -0.2) is 32.8 Å². The van der Waals surface area contributed by atoms with Gasteiger partial charge < -0.3 is 9.84 Å². The zero-order valence-electron chi connectivity index (χ0n) is 11.2. The van der Waals surface area contributed by atoms with Gasteiger partial charge in [-0.15, -0.1) is 5.10 Å². The summed E-state index contributed by atoms with van der Waals surface area (Å²) < 4.78 is 8.23. The van der Waals surface area contributed by atoms with E-state index < -0.39 is 6.10 Å². The number of halogens is 1. The number of benzene rings is 2. The first-order chi connectivity index (χ1) is 10.2. The molecule has 0 aliphatic carbocycles. The van der Waals surface area contributed by atoms with Crippen molar-refractivity contribution in [3.05, 3.63) is 53.0 Å². The molecule has 0 unspecified atom stereocenters. The van der Waals surface area contributed by atoms with Crippen LogP contribution >= 0.6 is 15.9 Å². The number of rotatable bonds is 5. The van der Waals surface area contributed by atoms with Crippen LogP contribution in [0, 0.1) is 0 Å². The van der Waals surface area contributed by atoms with Crippen LogP contribution in [0.1, 0.15) is 0 Å².